The van der Waals surface area contributed by atoms with Gasteiger partial charge in [0, 0.05) is 6.42 Å². The van der Waals surface area contributed by atoms with Crippen molar-refractivity contribution in [2.45, 2.75) is 19.3 Å². The number of rotatable bonds is 7. The van der Waals surface area contributed by atoms with Crippen molar-refractivity contribution in [2.24, 2.45) is 5.92 Å². The summed E-state index contributed by atoms with van der Waals surface area (Å²) < 4.78 is 13.1. The minimum atomic E-state index is -0.473. The van der Waals surface area contributed by atoms with Crippen molar-refractivity contribution < 1.29 is 14.0 Å². The molecule has 0 saturated heterocycles. The highest BCUT2D eigenvalue weighted by Crippen LogP contribution is 2.25. The molecule has 2 aromatic rings. The molecule has 7 heteroatoms. The smallest absolute Gasteiger partial charge is 0.243 e. The fourth-order valence-corrected chi connectivity index (χ4v) is 3.23. The number of hydrogen-bond acceptors (Lipinski definition) is 3. The number of carbonyl (C=O) groups excluding carboxylic acids is 2. The summed E-state index contributed by atoms with van der Waals surface area (Å²) in [5.41, 5.74) is 1.58. The van der Waals surface area contributed by atoms with Crippen LogP contribution >= 0.6 is 11.6 Å². The van der Waals surface area contributed by atoms with Gasteiger partial charge in [0.25, 0.3) is 0 Å². The van der Waals surface area contributed by atoms with Crippen LogP contribution in [0.1, 0.15) is 19.3 Å². The Balaban J connectivity index is 1.56. The van der Waals surface area contributed by atoms with Crippen LogP contribution in [0.25, 0.3) is 0 Å². The minimum Gasteiger partial charge on any atom is -0.374 e. The molecular formula is C21H21ClFN3O2. The van der Waals surface area contributed by atoms with Crippen molar-refractivity contribution in [1.29, 1.82) is 0 Å². The third kappa shape index (κ3) is 5.57. The van der Waals surface area contributed by atoms with Crippen molar-refractivity contribution in [3.63, 3.8) is 0 Å². The Morgan fingerprint density at radius 1 is 1.04 bits per heavy atom. The summed E-state index contributed by atoms with van der Waals surface area (Å²) in [6.45, 7) is -0.0358. The number of para-hydroxylation sites is 2. The zero-order chi connectivity index (χ0) is 19.9. The van der Waals surface area contributed by atoms with Gasteiger partial charge in [0.2, 0.25) is 11.8 Å². The lowest BCUT2D eigenvalue weighted by molar-refractivity contribution is -0.117. The molecule has 2 aromatic carbocycles. The Morgan fingerprint density at radius 2 is 1.79 bits per heavy atom. The zero-order valence-corrected chi connectivity index (χ0v) is 15.9. The highest BCUT2D eigenvalue weighted by molar-refractivity contribution is 6.33. The Kier molecular flexibility index (Phi) is 6.66. The predicted octanol–water partition coefficient (Wildman–Crippen LogP) is 4.82. The maximum Gasteiger partial charge on any atom is 0.243 e. The molecule has 146 valence electrons. The van der Waals surface area contributed by atoms with Crippen LogP contribution < -0.4 is 16.0 Å². The lowest BCUT2D eigenvalue weighted by Crippen LogP contribution is -2.23. The lowest BCUT2D eigenvalue weighted by atomic mass is 10.0. The van der Waals surface area contributed by atoms with Gasteiger partial charge in [0.15, 0.2) is 0 Å². The molecule has 0 fully saturated rings. The van der Waals surface area contributed by atoms with E-state index in [-0.39, 0.29) is 29.3 Å². The standard InChI is InChI=1S/C21H21ClFN3O2/c22-16-12-15(23)9-10-17(16)25-21(28)13-24-18-7-3-4-8-19(18)26-20(27)11-14-5-1-2-6-14/h1,3-5,7-10,12,14,24H,2,6,11,13H2,(H,25,28)(H,26,27). The second kappa shape index (κ2) is 9.37. The minimum absolute atomic E-state index is 0.0358. The van der Waals surface area contributed by atoms with E-state index in [1.165, 1.54) is 12.1 Å². The van der Waals surface area contributed by atoms with E-state index in [0.29, 0.717) is 23.5 Å². The molecule has 28 heavy (non-hydrogen) atoms. The summed E-state index contributed by atoms with van der Waals surface area (Å²) in [5.74, 6) is -0.593. The first kappa shape index (κ1) is 19.9. The summed E-state index contributed by atoms with van der Waals surface area (Å²) in [7, 11) is 0. The number of halogens is 2. The van der Waals surface area contributed by atoms with Gasteiger partial charge in [-0.15, -0.1) is 0 Å². The molecule has 5 nitrogen and oxygen atoms in total. The maximum atomic E-state index is 13.1. The molecule has 3 rings (SSSR count). The molecule has 0 bridgehead atoms. The second-order valence-electron chi connectivity index (χ2n) is 6.59. The zero-order valence-electron chi connectivity index (χ0n) is 15.2. The van der Waals surface area contributed by atoms with Gasteiger partial charge in [0.1, 0.15) is 5.82 Å². The monoisotopic (exact) mass is 401 g/mol. The number of carbonyl (C=O) groups is 2. The quantitative estimate of drug-likeness (QED) is 0.582. The predicted molar refractivity (Wildman–Crippen MR) is 110 cm³/mol. The van der Waals surface area contributed by atoms with Crippen molar-refractivity contribution in [3.05, 3.63) is 65.5 Å². The van der Waals surface area contributed by atoms with Crippen molar-refractivity contribution >= 4 is 40.5 Å². The number of allylic oxidation sites excluding steroid dienone is 2. The molecule has 0 saturated carbocycles. The summed E-state index contributed by atoms with van der Waals surface area (Å²) >= 11 is 5.92. The average Bonchev–Trinajstić information content (AvgIpc) is 3.16. The first-order valence-electron chi connectivity index (χ1n) is 9.05. The van der Waals surface area contributed by atoms with Crippen molar-refractivity contribution in [1.82, 2.24) is 0 Å². The Hall–Kier alpha value is -2.86. The molecule has 1 atom stereocenters. The van der Waals surface area contributed by atoms with Gasteiger partial charge in [-0.25, -0.2) is 4.39 Å². The van der Waals surface area contributed by atoms with Crippen LogP contribution in [0.2, 0.25) is 5.02 Å². The summed E-state index contributed by atoms with van der Waals surface area (Å²) in [4.78, 5) is 24.4. The largest absolute Gasteiger partial charge is 0.374 e. The normalized spacial score (nSPS) is 15.3. The van der Waals surface area contributed by atoms with Crippen LogP contribution in [-0.2, 0) is 9.59 Å². The van der Waals surface area contributed by atoms with E-state index < -0.39 is 5.82 Å². The summed E-state index contributed by atoms with van der Waals surface area (Å²) in [5, 5.41) is 8.65. The van der Waals surface area contributed by atoms with Crippen LogP contribution in [0.15, 0.2) is 54.6 Å². The molecule has 0 heterocycles. The molecule has 2 amide bonds. The van der Waals surface area contributed by atoms with E-state index in [2.05, 4.69) is 28.1 Å². The van der Waals surface area contributed by atoms with E-state index in [0.717, 1.165) is 18.9 Å². The average molecular weight is 402 g/mol. The number of anilines is 3. The first-order valence-corrected chi connectivity index (χ1v) is 9.43. The second-order valence-corrected chi connectivity index (χ2v) is 7.00. The molecule has 0 aliphatic heterocycles. The molecule has 3 N–H and O–H groups in total. The van der Waals surface area contributed by atoms with E-state index in [4.69, 9.17) is 11.6 Å². The van der Waals surface area contributed by atoms with Crippen LogP contribution in [0.5, 0.6) is 0 Å². The summed E-state index contributed by atoms with van der Waals surface area (Å²) in [6.07, 6.45) is 6.63. The number of hydrogen-bond donors (Lipinski definition) is 3. The van der Waals surface area contributed by atoms with E-state index >= 15 is 0 Å². The highest BCUT2D eigenvalue weighted by Gasteiger charge is 2.15. The van der Waals surface area contributed by atoms with Gasteiger partial charge >= 0.3 is 0 Å². The number of benzene rings is 2. The number of nitrogens with one attached hydrogen (secondary N) is 3. The Morgan fingerprint density at radius 3 is 2.50 bits per heavy atom. The van der Waals surface area contributed by atoms with Crippen LogP contribution in [-0.4, -0.2) is 18.4 Å². The van der Waals surface area contributed by atoms with Gasteiger partial charge in [-0.1, -0.05) is 35.9 Å². The van der Waals surface area contributed by atoms with Crippen molar-refractivity contribution in [2.75, 3.05) is 22.5 Å². The fraction of sp³-hybridized carbons (Fsp3) is 0.238. The van der Waals surface area contributed by atoms with Crippen LogP contribution in [0, 0.1) is 11.7 Å². The van der Waals surface area contributed by atoms with Crippen LogP contribution in [0.3, 0.4) is 0 Å². The molecule has 1 aliphatic carbocycles. The third-order valence-electron chi connectivity index (χ3n) is 4.41. The van der Waals surface area contributed by atoms with Crippen molar-refractivity contribution in [3.8, 4) is 0 Å². The maximum absolute atomic E-state index is 13.1. The van der Waals surface area contributed by atoms with Gasteiger partial charge in [-0.05, 0) is 49.1 Å². The van der Waals surface area contributed by atoms with Gasteiger partial charge in [0.05, 0.1) is 28.6 Å². The van der Waals surface area contributed by atoms with E-state index in [1.54, 1.807) is 12.1 Å². The molecule has 1 aliphatic rings. The molecule has 0 radical (unpaired) electrons. The first-order chi connectivity index (χ1) is 13.5. The molecule has 0 spiro atoms. The van der Waals surface area contributed by atoms with Crippen LogP contribution in [0.4, 0.5) is 21.5 Å². The summed E-state index contributed by atoms with van der Waals surface area (Å²) in [6, 6.07) is 10.9. The van der Waals surface area contributed by atoms with Gasteiger partial charge in [-0.2, -0.15) is 0 Å². The van der Waals surface area contributed by atoms with E-state index in [1.807, 2.05) is 12.1 Å². The van der Waals surface area contributed by atoms with Gasteiger partial charge < -0.3 is 16.0 Å². The third-order valence-corrected chi connectivity index (χ3v) is 4.72. The molecule has 0 aromatic heterocycles. The topological polar surface area (TPSA) is 70.2 Å². The van der Waals surface area contributed by atoms with Gasteiger partial charge in [-0.3, -0.25) is 9.59 Å². The highest BCUT2D eigenvalue weighted by atomic mass is 35.5. The van der Waals surface area contributed by atoms with E-state index in [9.17, 15) is 14.0 Å². The lowest BCUT2D eigenvalue weighted by Gasteiger charge is -2.14. The SMILES string of the molecule is O=C(CNc1ccccc1NC(=O)CC1C=CCC1)Nc1ccc(F)cc1Cl. The Bertz CT molecular complexity index is 901. The fourth-order valence-electron chi connectivity index (χ4n) is 3.01. The molecular weight excluding hydrogens is 381 g/mol. The Labute approximate surface area is 168 Å². The molecule has 1 unspecified atom stereocenters. The number of amides is 2.